The van der Waals surface area contributed by atoms with Crippen molar-refractivity contribution in [1.29, 1.82) is 0 Å². The van der Waals surface area contributed by atoms with Crippen LogP contribution in [0.15, 0.2) is 119 Å². The van der Waals surface area contributed by atoms with Crippen molar-refractivity contribution in [3.63, 3.8) is 0 Å². The van der Waals surface area contributed by atoms with Crippen LogP contribution in [-0.2, 0) is 18.0 Å². The molecule has 1 aliphatic rings. The number of aliphatic hydroxyl groups is 1. The van der Waals surface area contributed by atoms with E-state index in [4.69, 9.17) is 58.0 Å². The predicted octanol–water partition coefficient (Wildman–Crippen LogP) is 12.0. The number of rotatable bonds is 7. The van der Waals surface area contributed by atoms with Gasteiger partial charge in [0.15, 0.2) is 5.60 Å². The summed E-state index contributed by atoms with van der Waals surface area (Å²) in [5, 5.41) is 26.6. The van der Waals surface area contributed by atoms with Gasteiger partial charge in [-0.25, -0.2) is 0 Å². The molecule has 0 atom stereocenters. The number of halogens is 11. The molecule has 0 amide bonds. The van der Waals surface area contributed by atoms with Crippen molar-refractivity contribution >= 4 is 81.8 Å². The van der Waals surface area contributed by atoms with Crippen molar-refractivity contribution in [2.75, 3.05) is 13.1 Å². The highest BCUT2D eigenvalue weighted by atomic mass is 35.6. The molecule has 292 valence electrons. The molecule has 0 bridgehead atoms. The summed E-state index contributed by atoms with van der Waals surface area (Å²) in [5.41, 5.74) is -1.08. The summed E-state index contributed by atoms with van der Waals surface area (Å²) in [6.45, 7) is 5.54. The third-order valence-electron chi connectivity index (χ3n) is 8.04. The van der Waals surface area contributed by atoms with Crippen LogP contribution in [0.25, 0.3) is 12.2 Å². The summed E-state index contributed by atoms with van der Waals surface area (Å²) < 4.78 is 74.7. The van der Waals surface area contributed by atoms with E-state index < -0.39 is 32.9 Å². The summed E-state index contributed by atoms with van der Waals surface area (Å²) in [5.74, 6) is 0.465. The lowest BCUT2D eigenvalue weighted by Crippen LogP contribution is -2.53. The zero-order valence-corrected chi connectivity index (χ0v) is 32.7. The monoisotopic (exact) mass is 862 g/mol. The molecular formula is C39H33Cl5F6N4O. The van der Waals surface area contributed by atoms with Crippen LogP contribution in [0.5, 0.6) is 0 Å². The normalized spacial score (nSPS) is 14.8. The van der Waals surface area contributed by atoms with Gasteiger partial charge in [0.1, 0.15) is 0 Å². The van der Waals surface area contributed by atoms with E-state index in [2.05, 4.69) is 34.7 Å². The number of allylic oxidation sites excluding steroid dienone is 2. The highest BCUT2D eigenvalue weighted by molar-refractivity contribution is 6.68. The van der Waals surface area contributed by atoms with Gasteiger partial charge < -0.3 is 15.7 Å². The maximum atomic E-state index is 12.8. The minimum absolute atomic E-state index is 0.0382. The highest BCUT2D eigenvalue weighted by Crippen LogP contribution is 2.49. The van der Waals surface area contributed by atoms with E-state index in [0.717, 1.165) is 24.3 Å². The lowest BCUT2D eigenvalue weighted by atomic mass is 9.87. The van der Waals surface area contributed by atoms with E-state index >= 15 is 0 Å². The van der Waals surface area contributed by atoms with Gasteiger partial charge in [-0.2, -0.15) is 26.3 Å². The van der Waals surface area contributed by atoms with Crippen LogP contribution in [-0.4, -0.2) is 33.7 Å². The SMILES string of the molecule is CC1(C)CNC(=NN=C(/C=C/c2ccc(C(F)(F)F)cc2)/C=C/c2ccc(C(F)(F)F)cc2)NC1.OC(c1ccc(Cl)cc1)(c1ccc(Cl)cc1)C(Cl)(Cl)Cl. The zero-order valence-electron chi connectivity index (χ0n) is 29.0. The predicted molar refractivity (Wildman–Crippen MR) is 212 cm³/mol. The number of nitrogens with zero attached hydrogens (tertiary/aromatic N) is 2. The second-order valence-corrected chi connectivity index (χ2v) is 16.1. The van der Waals surface area contributed by atoms with Crippen LogP contribution < -0.4 is 10.6 Å². The van der Waals surface area contributed by atoms with E-state index in [1.54, 1.807) is 72.8 Å². The van der Waals surface area contributed by atoms with Gasteiger partial charge in [0, 0.05) is 23.1 Å². The van der Waals surface area contributed by atoms with E-state index in [-0.39, 0.29) is 5.41 Å². The third-order valence-corrected chi connectivity index (χ3v) is 9.36. The maximum Gasteiger partial charge on any atom is 0.416 e. The van der Waals surface area contributed by atoms with E-state index in [0.29, 0.717) is 57.1 Å². The minimum atomic E-state index is -4.43. The van der Waals surface area contributed by atoms with Crippen LogP contribution in [0, 0.1) is 5.41 Å². The van der Waals surface area contributed by atoms with Gasteiger partial charge in [0.25, 0.3) is 0 Å². The van der Waals surface area contributed by atoms with Crippen LogP contribution in [0.3, 0.4) is 0 Å². The smallest absolute Gasteiger partial charge is 0.376 e. The number of hydrogen-bond donors (Lipinski definition) is 3. The van der Waals surface area contributed by atoms with Gasteiger partial charge in [-0.05, 0) is 88.4 Å². The molecular weight excluding hydrogens is 832 g/mol. The average molecular weight is 865 g/mol. The molecule has 1 heterocycles. The third kappa shape index (κ3) is 12.6. The maximum absolute atomic E-state index is 12.8. The van der Waals surface area contributed by atoms with Crippen molar-refractivity contribution in [3.05, 3.63) is 153 Å². The van der Waals surface area contributed by atoms with Gasteiger partial charge in [0.05, 0.1) is 16.8 Å². The van der Waals surface area contributed by atoms with Crippen molar-refractivity contribution in [1.82, 2.24) is 10.6 Å². The Hall–Kier alpha value is -3.71. The van der Waals surface area contributed by atoms with Crippen LogP contribution >= 0.6 is 58.0 Å². The zero-order chi connectivity index (χ0) is 40.7. The number of nitrogens with one attached hydrogen (secondary N) is 2. The van der Waals surface area contributed by atoms with Crippen LogP contribution in [0.2, 0.25) is 10.0 Å². The topological polar surface area (TPSA) is 69.0 Å². The van der Waals surface area contributed by atoms with Crippen molar-refractivity contribution in [2.45, 2.75) is 35.6 Å². The van der Waals surface area contributed by atoms with Crippen LogP contribution in [0.1, 0.15) is 47.2 Å². The van der Waals surface area contributed by atoms with Crippen molar-refractivity contribution < 1.29 is 31.4 Å². The lowest BCUT2D eigenvalue weighted by molar-refractivity contribution is -0.138. The molecule has 0 radical (unpaired) electrons. The molecule has 5 nitrogen and oxygen atoms in total. The number of guanidine groups is 1. The first-order valence-corrected chi connectivity index (χ1v) is 18.1. The first kappa shape index (κ1) is 44.0. The molecule has 0 spiro atoms. The molecule has 16 heteroatoms. The van der Waals surface area contributed by atoms with E-state index in [1.165, 1.54) is 24.3 Å². The molecule has 0 unspecified atom stereocenters. The molecule has 4 aromatic carbocycles. The van der Waals surface area contributed by atoms with E-state index in [1.807, 2.05) is 0 Å². The Labute approximate surface area is 339 Å². The standard InChI is InChI=1S/C25H24F6N4.C14H9Cl5O/c1-23(2)15-32-22(33-16-23)35-34-21(13-7-17-3-9-19(10-4-17)24(26,27)28)14-8-18-5-11-20(12-6-18)25(29,30)31;15-11-5-1-9(2-6-11)13(20,14(17,18)19)10-3-7-12(16)8-4-10/h3-14H,15-16H2,1-2H3,(H2,32,33,35);1-8,20H/b13-7+,14-8+;. The molecule has 1 saturated heterocycles. The molecule has 4 aromatic rings. The Bertz CT molecular complexity index is 1880. The average Bonchev–Trinajstić information content (AvgIpc) is 3.11. The summed E-state index contributed by atoms with van der Waals surface area (Å²) >= 11 is 29.7. The molecule has 0 aromatic heterocycles. The number of benzene rings is 4. The molecule has 55 heavy (non-hydrogen) atoms. The molecule has 1 fully saturated rings. The van der Waals surface area contributed by atoms with Gasteiger partial charge in [0.2, 0.25) is 9.75 Å². The number of alkyl halides is 9. The van der Waals surface area contributed by atoms with Crippen LogP contribution in [0.4, 0.5) is 26.3 Å². The summed E-state index contributed by atoms with van der Waals surface area (Å²) in [6, 6.07) is 22.1. The summed E-state index contributed by atoms with van der Waals surface area (Å²) in [7, 11) is 0. The summed E-state index contributed by atoms with van der Waals surface area (Å²) in [6.07, 6.45) is -2.60. The second kappa shape index (κ2) is 18.0. The Balaban J connectivity index is 0.000000284. The molecule has 3 N–H and O–H groups in total. The molecule has 0 aliphatic carbocycles. The second-order valence-electron chi connectivity index (χ2n) is 13.0. The quantitative estimate of drug-likeness (QED) is 0.0750. The van der Waals surface area contributed by atoms with Crippen molar-refractivity contribution in [2.24, 2.45) is 15.6 Å². The fourth-order valence-corrected chi connectivity index (χ4v) is 5.78. The minimum Gasteiger partial charge on any atom is -0.376 e. The Morgan fingerprint density at radius 2 is 0.964 bits per heavy atom. The van der Waals surface area contributed by atoms with Gasteiger partial charge in [-0.1, -0.05) is 133 Å². The lowest BCUT2D eigenvalue weighted by Gasteiger charge is -2.35. The fourth-order valence-electron chi connectivity index (χ4n) is 4.88. The summed E-state index contributed by atoms with van der Waals surface area (Å²) in [4.78, 5) is 0. The molecule has 5 rings (SSSR count). The van der Waals surface area contributed by atoms with Crippen molar-refractivity contribution in [3.8, 4) is 0 Å². The first-order chi connectivity index (χ1) is 25.6. The van der Waals surface area contributed by atoms with Gasteiger partial charge in [-0.15, -0.1) is 10.2 Å². The largest absolute Gasteiger partial charge is 0.416 e. The van der Waals surface area contributed by atoms with E-state index in [9.17, 15) is 31.4 Å². The molecule has 0 saturated carbocycles. The fraction of sp³-hybridized carbons (Fsp3) is 0.231. The molecule has 1 aliphatic heterocycles. The van der Waals surface area contributed by atoms with Gasteiger partial charge >= 0.3 is 12.4 Å². The Kier molecular flexibility index (Phi) is 14.4. The van der Waals surface area contributed by atoms with Gasteiger partial charge in [-0.3, -0.25) is 0 Å². The number of hydrogen-bond acceptors (Lipinski definition) is 3. The Morgan fingerprint density at radius 1 is 0.618 bits per heavy atom. The highest BCUT2D eigenvalue weighted by Gasteiger charge is 2.50. The Morgan fingerprint density at radius 3 is 1.29 bits per heavy atom. The first-order valence-electron chi connectivity index (χ1n) is 16.2.